The van der Waals surface area contributed by atoms with Crippen LogP contribution in [0.2, 0.25) is 5.02 Å². The van der Waals surface area contributed by atoms with Gasteiger partial charge in [0.05, 0.1) is 5.02 Å². The Morgan fingerprint density at radius 2 is 1.68 bits per heavy atom. The molecule has 0 aliphatic carbocycles. The molecule has 100 valence electrons. The number of hydrogen-bond donors (Lipinski definition) is 0. The van der Waals surface area contributed by atoms with Crippen molar-refractivity contribution in [3.63, 3.8) is 0 Å². The van der Waals surface area contributed by atoms with Gasteiger partial charge in [0.1, 0.15) is 24.7 Å². The molecule has 0 aliphatic heterocycles. The highest BCUT2D eigenvalue weighted by Crippen LogP contribution is 2.25. The monoisotopic (exact) mass is 340 g/mol. The van der Waals surface area contributed by atoms with Crippen LogP contribution in [0.1, 0.15) is 5.56 Å². The maximum Gasteiger partial charge on any atom is 0.138 e. The van der Waals surface area contributed by atoms with Gasteiger partial charge in [0.15, 0.2) is 0 Å². The number of hydrogen-bond acceptors (Lipinski definition) is 2. The molecule has 0 atom stereocenters. The van der Waals surface area contributed by atoms with Crippen LogP contribution in [-0.4, -0.2) is 13.2 Å². The summed E-state index contributed by atoms with van der Waals surface area (Å²) in [6.45, 7) is 2.93. The van der Waals surface area contributed by atoms with Gasteiger partial charge in [-0.25, -0.2) is 0 Å². The Morgan fingerprint density at radius 3 is 2.37 bits per heavy atom. The first-order chi connectivity index (χ1) is 9.15. The fraction of sp³-hybridized carbons (Fsp3) is 0.200. The van der Waals surface area contributed by atoms with Crippen molar-refractivity contribution in [2.24, 2.45) is 0 Å². The van der Waals surface area contributed by atoms with Gasteiger partial charge < -0.3 is 9.47 Å². The van der Waals surface area contributed by atoms with Crippen molar-refractivity contribution in [1.82, 2.24) is 0 Å². The summed E-state index contributed by atoms with van der Waals surface area (Å²) in [5.74, 6) is 1.51. The van der Waals surface area contributed by atoms with Crippen LogP contribution in [0.3, 0.4) is 0 Å². The summed E-state index contributed by atoms with van der Waals surface area (Å²) in [5.41, 5.74) is 1.11. The Morgan fingerprint density at radius 1 is 1.00 bits per heavy atom. The van der Waals surface area contributed by atoms with Gasteiger partial charge in [-0.15, -0.1) is 0 Å². The molecular weight excluding hydrogens is 328 g/mol. The van der Waals surface area contributed by atoms with Crippen LogP contribution in [0.5, 0.6) is 11.5 Å². The third kappa shape index (κ3) is 4.44. The molecule has 0 spiro atoms. The highest BCUT2D eigenvalue weighted by atomic mass is 79.9. The van der Waals surface area contributed by atoms with Crippen molar-refractivity contribution in [3.05, 3.63) is 57.5 Å². The first kappa shape index (κ1) is 14.2. The number of ether oxygens (including phenoxy) is 2. The summed E-state index contributed by atoms with van der Waals surface area (Å²) in [6, 6.07) is 13.4. The molecule has 19 heavy (non-hydrogen) atoms. The zero-order valence-electron chi connectivity index (χ0n) is 10.5. The number of benzene rings is 2. The van der Waals surface area contributed by atoms with Crippen LogP contribution in [0.15, 0.2) is 46.9 Å². The van der Waals surface area contributed by atoms with Gasteiger partial charge in [-0.2, -0.15) is 0 Å². The fourth-order valence-electron chi connectivity index (χ4n) is 1.56. The molecule has 0 radical (unpaired) electrons. The third-order valence-corrected chi connectivity index (χ3v) is 3.33. The van der Waals surface area contributed by atoms with Gasteiger partial charge in [0, 0.05) is 4.47 Å². The Bertz CT molecular complexity index is 540. The van der Waals surface area contributed by atoms with Crippen LogP contribution in [-0.2, 0) is 0 Å². The van der Waals surface area contributed by atoms with Crippen LogP contribution >= 0.6 is 27.5 Å². The third-order valence-electron chi connectivity index (χ3n) is 2.51. The lowest BCUT2D eigenvalue weighted by Crippen LogP contribution is -2.09. The van der Waals surface area contributed by atoms with E-state index in [0.29, 0.717) is 24.0 Å². The van der Waals surface area contributed by atoms with Gasteiger partial charge in [-0.3, -0.25) is 0 Å². The van der Waals surface area contributed by atoms with Crippen LogP contribution < -0.4 is 9.47 Å². The molecule has 0 fully saturated rings. The largest absolute Gasteiger partial charge is 0.490 e. The second-order valence-corrected chi connectivity index (χ2v) is 5.41. The highest BCUT2D eigenvalue weighted by Gasteiger charge is 2.01. The van der Waals surface area contributed by atoms with E-state index in [4.69, 9.17) is 21.1 Å². The normalized spacial score (nSPS) is 10.3. The minimum Gasteiger partial charge on any atom is -0.490 e. The predicted molar refractivity (Wildman–Crippen MR) is 81.3 cm³/mol. The molecular formula is C15H14BrClO2. The topological polar surface area (TPSA) is 18.5 Å². The predicted octanol–water partition coefficient (Wildman–Crippen LogP) is 4.87. The summed E-state index contributed by atoms with van der Waals surface area (Å²) in [6.07, 6.45) is 0. The summed E-state index contributed by atoms with van der Waals surface area (Å²) >= 11 is 9.45. The number of halogens is 2. The second-order valence-electron chi connectivity index (χ2n) is 4.08. The minimum atomic E-state index is 0.457. The molecule has 0 saturated carbocycles. The number of aryl methyl sites for hydroxylation is 1. The maximum atomic E-state index is 6.07. The van der Waals surface area contributed by atoms with Crippen molar-refractivity contribution in [2.45, 2.75) is 6.92 Å². The maximum absolute atomic E-state index is 6.07. The van der Waals surface area contributed by atoms with Crippen LogP contribution in [0.25, 0.3) is 0 Å². The Labute approximate surface area is 126 Å². The highest BCUT2D eigenvalue weighted by molar-refractivity contribution is 9.10. The van der Waals surface area contributed by atoms with E-state index in [1.54, 1.807) is 0 Å². The molecule has 0 aliphatic rings. The number of rotatable bonds is 5. The smallest absolute Gasteiger partial charge is 0.138 e. The lowest BCUT2D eigenvalue weighted by Gasteiger charge is -2.10. The average molecular weight is 342 g/mol. The summed E-state index contributed by atoms with van der Waals surface area (Å²) in [5, 5.41) is 0.628. The van der Waals surface area contributed by atoms with E-state index in [-0.39, 0.29) is 0 Å². The zero-order valence-corrected chi connectivity index (χ0v) is 12.9. The van der Waals surface area contributed by atoms with Gasteiger partial charge in [-0.1, -0.05) is 33.6 Å². The molecule has 0 aromatic heterocycles. The average Bonchev–Trinajstić information content (AvgIpc) is 2.39. The summed E-state index contributed by atoms with van der Waals surface area (Å²) < 4.78 is 12.2. The van der Waals surface area contributed by atoms with E-state index in [1.807, 2.05) is 49.4 Å². The second kappa shape index (κ2) is 6.83. The van der Waals surface area contributed by atoms with Crippen molar-refractivity contribution in [3.8, 4) is 11.5 Å². The van der Waals surface area contributed by atoms with E-state index in [9.17, 15) is 0 Å². The Balaban J connectivity index is 1.79. The van der Waals surface area contributed by atoms with Crippen molar-refractivity contribution >= 4 is 27.5 Å². The van der Waals surface area contributed by atoms with Gasteiger partial charge in [0.25, 0.3) is 0 Å². The molecule has 0 unspecified atom stereocenters. The first-order valence-corrected chi connectivity index (χ1v) is 7.09. The first-order valence-electron chi connectivity index (χ1n) is 5.92. The molecule has 0 N–H and O–H groups in total. The standard InChI is InChI=1S/C15H14BrClO2/c1-11-2-7-15(14(17)10-11)19-9-8-18-13-5-3-12(16)4-6-13/h2-7,10H,8-9H2,1H3. The van der Waals surface area contributed by atoms with Crippen LogP contribution in [0, 0.1) is 6.92 Å². The van der Waals surface area contributed by atoms with E-state index < -0.39 is 0 Å². The summed E-state index contributed by atoms with van der Waals surface area (Å²) in [7, 11) is 0. The lowest BCUT2D eigenvalue weighted by atomic mass is 10.2. The molecule has 0 heterocycles. The summed E-state index contributed by atoms with van der Waals surface area (Å²) in [4.78, 5) is 0. The van der Waals surface area contributed by atoms with E-state index >= 15 is 0 Å². The Hall–Kier alpha value is -1.19. The minimum absolute atomic E-state index is 0.457. The molecule has 2 aromatic rings. The quantitative estimate of drug-likeness (QED) is 0.722. The van der Waals surface area contributed by atoms with E-state index in [0.717, 1.165) is 15.8 Å². The van der Waals surface area contributed by atoms with E-state index in [2.05, 4.69) is 15.9 Å². The van der Waals surface area contributed by atoms with Gasteiger partial charge >= 0.3 is 0 Å². The van der Waals surface area contributed by atoms with Crippen molar-refractivity contribution in [1.29, 1.82) is 0 Å². The molecule has 2 nitrogen and oxygen atoms in total. The van der Waals surface area contributed by atoms with Gasteiger partial charge in [0.2, 0.25) is 0 Å². The van der Waals surface area contributed by atoms with Crippen molar-refractivity contribution < 1.29 is 9.47 Å². The van der Waals surface area contributed by atoms with Crippen molar-refractivity contribution in [2.75, 3.05) is 13.2 Å². The molecule has 0 bridgehead atoms. The SMILES string of the molecule is Cc1ccc(OCCOc2ccc(Br)cc2)c(Cl)c1. The van der Waals surface area contributed by atoms with E-state index in [1.165, 1.54) is 0 Å². The molecule has 4 heteroatoms. The molecule has 0 amide bonds. The molecule has 2 aromatic carbocycles. The fourth-order valence-corrected chi connectivity index (χ4v) is 2.12. The lowest BCUT2D eigenvalue weighted by molar-refractivity contribution is 0.217. The zero-order chi connectivity index (χ0) is 13.7. The van der Waals surface area contributed by atoms with Gasteiger partial charge in [-0.05, 0) is 48.9 Å². The Kier molecular flexibility index (Phi) is 5.11. The van der Waals surface area contributed by atoms with Crippen LogP contribution in [0.4, 0.5) is 0 Å². The molecule has 0 saturated heterocycles. The molecule has 2 rings (SSSR count).